The second-order valence-corrected chi connectivity index (χ2v) is 5.26. The maximum absolute atomic E-state index is 9.04. The monoisotopic (exact) mass is 220 g/mol. The van der Waals surface area contributed by atoms with Crippen molar-refractivity contribution in [2.24, 2.45) is 0 Å². The van der Waals surface area contributed by atoms with Crippen LogP contribution in [0.3, 0.4) is 0 Å². The third-order valence-electron chi connectivity index (χ3n) is 1.91. The largest absolute Gasteiger partial charge is 0.316 e. The molecule has 2 nitrogen and oxygen atoms in total. The van der Waals surface area contributed by atoms with Gasteiger partial charge in [-0.1, -0.05) is 19.9 Å². The zero-order valence-electron chi connectivity index (χ0n) is 9.37. The van der Waals surface area contributed by atoms with Gasteiger partial charge in [0.25, 0.3) is 0 Å². The number of thioether (sulfide) groups is 1. The second kappa shape index (κ2) is 5.79. The minimum absolute atomic E-state index is 0.507. The Morgan fingerprint density at radius 1 is 1.47 bits per heavy atom. The molecule has 1 N–H and O–H groups in total. The molecular weight excluding hydrogens is 204 g/mol. The first-order valence-electron chi connectivity index (χ1n) is 5.01. The quantitative estimate of drug-likeness (QED) is 0.793. The molecular formula is C12H16N2S. The summed E-state index contributed by atoms with van der Waals surface area (Å²) in [4.78, 5) is 1.08. The minimum atomic E-state index is 0.507. The summed E-state index contributed by atoms with van der Waals surface area (Å²) >= 11 is 1.73. The Morgan fingerprint density at radius 3 is 2.73 bits per heavy atom. The molecule has 0 aliphatic heterocycles. The Bertz CT molecular complexity index is 366. The molecule has 3 heteroatoms. The number of rotatable bonds is 4. The Morgan fingerprint density at radius 2 is 2.20 bits per heavy atom. The van der Waals surface area contributed by atoms with Gasteiger partial charge in [-0.15, -0.1) is 11.8 Å². The average Bonchev–Trinajstić information content (AvgIpc) is 2.20. The van der Waals surface area contributed by atoms with Gasteiger partial charge in [-0.3, -0.25) is 0 Å². The molecule has 0 saturated heterocycles. The van der Waals surface area contributed by atoms with Crippen molar-refractivity contribution in [3.05, 3.63) is 29.3 Å². The summed E-state index contributed by atoms with van der Waals surface area (Å²) < 4.78 is 0. The molecule has 80 valence electrons. The smallest absolute Gasteiger partial charge is 0.100 e. The van der Waals surface area contributed by atoms with E-state index in [1.807, 2.05) is 19.2 Å². The number of nitriles is 1. The first-order valence-corrected chi connectivity index (χ1v) is 5.89. The zero-order chi connectivity index (χ0) is 11.3. The average molecular weight is 220 g/mol. The third-order valence-corrected chi connectivity index (χ3v) is 2.99. The SMILES string of the molecule is CNCc1ccc(SC(C)C)c(C#N)c1. The maximum atomic E-state index is 9.04. The summed E-state index contributed by atoms with van der Waals surface area (Å²) in [6, 6.07) is 8.32. The molecule has 0 atom stereocenters. The zero-order valence-corrected chi connectivity index (χ0v) is 10.2. The first-order chi connectivity index (χ1) is 7.17. The lowest BCUT2D eigenvalue weighted by Crippen LogP contribution is -2.05. The molecule has 0 fully saturated rings. The number of nitrogens with one attached hydrogen (secondary N) is 1. The van der Waals surface area contributed by atoms with E-state index in [0.717, 1.165) is 22.6 Å². The Labute approximate surface area is 95.7 Å². The molecule has 1 rings (SSSR count). The fourth-order valence-corrected chi connectivity index (χ4v) is 2.22. The molecule has 0 amide bonds. The molecule has 0 radical (unpaired) electrons. The van der Waals surface area contributed by atoms with Crippen LogP contribution in [-0.2, 0) is 6.54 Å². The first kappa shape index (κ1) is 12.1. The van der Waals surface area contributed by atoms with Gasteiger partial charge in [0.2, 0.25) is 0 Å². The second-order valence-electron chi connectivity index (χ2n) is 3.64. The molecule has 0 aliphatic carbocycles. The topological polar surface area (TPSA) is 35.8 Å². The van der Waals surface area contributed by atoms with E-state index in [9.17, 15) is 0 Å². The highest BCUT2D eigenvalue weighted by Gasteiger charge is 2.05. The van der Waals surface area contributed by atoms with E-state index in [-0.39, 0.29) is 0 Å². The van der Waals surface area contributed by atoms with Crippen molar-refractivity contribution in [2.45, 2.75) is 30.5 Å². The molecule has 0 aliphatic rings. The predicted octanol–water partition coefficient (Wildman–Crippen LogP) is 2.78. The van der Waals surface area contributed by atoms with Gasteiger partial charge in [0, 0.05) is 16.7 Å². The third kappa shape index (κ3) is 3.58. The number of hydrogen-bond acceptors (Lipinski definition) is 3. The van der Waals surface area contributed by atoms with Crippen LogP contribution in [-0.4, -0.2) is 12.3 Å². The minimum Gasteiger partial charge on any atom is -0.316 e. The van der Waals surface area contributed by atoms with Crippen LogP contribution >= 0.6 is 11.8 Å². The summed E-state index contributed by atoms with van der Waals surface area (Å²) in [6.45, 7) is 5.07. The van der Waals surface area contributed by atoms with Crippen LogP contribution < -0.4 is 5.32 Å². The van der Waals surface area contributed by atoms with E-state index in [4.69, 9.17) is 5.26 Å². The number of hydrogen-bond donors (Lipinski definition) is 1. The van der Waals surface area contributed by atoms with Gasteiger partial charge in [0.15, 0.2) is 0 Å². The van der Waals surface area contributed by atoms with Crippen molar-refractivity contribution < 1.29 is 0 Å². The molecule has 0 saturated carbocycles. The van der Waals surface area contributed by atoms with Crippen LogP contribution in [0.15, 0.2) is 23.1 Å². The van der Waals surface area contributed by atoms with Crippen molar-refractivity contribution in [1.29, 1.82) is 5.26 Å². The normalized spacial score (nSPS) is 10.3. The highest BCUT2D eigenvalue weighted by molar-refractivity contribution is 8.00. The van der Waals surface area contributed by atoms with Crippen molar-refractivity contribution in [1.82, 2.24) is 5.32 Å². The van der Waals surface area contributed by atoms with Gasteiger partial charge in [-0.2, -0.15) is 5.26 Å². The summed E-state index contributed by atoms with van der Waals surface area (Å²) in [6.07, 6.45) is 0. The van der Waals surface area contributed by atoms with Crippen LogP contribution in [0, 0.1) is 11.3 Å². The van der Waals surface area contributed by atoms with Crippen molar-refractivity contribution in [3.63, 3.8) is 0 Å². The van der Waals surface area contributed by atoms with Gasteiger partial charge in [-0.25, -0.2) is 0 Å². The summed E-state index contributed by atoms with van der Waals surface area (Å²) in [5.74, 6) is 0. The van der Waals surface area contributed by atoms with Crippen LogP contribution in [0.1, 0.15) is 25.0 Å². The lowest BCUT2D eigenvalue weighted by Gasteiger charge is -2.08. The molecule has 0 bridgehead atoms. The van der Waals surface area contributed by atoms with E-state index in [0.29, 0.717) is 5.25 Å². The molecule has 15 heavy (non-hydrogen) atoms. The standard InChI is InChI=1S/C12H16N2S/c1-9(2)15-12-5-4-10(8-14-3)6-11(12)7-13/h4-6,9,14H,8H2,1-3H3. The van der Waals surface area contributed by atoms with E-state index in [2.05, 4.69) is 31.3 Å². The van der Waals surface area contributed by atoms with Gasteiger partial charge in [0.1, 0.15) is 6.07 Å². The van der Waals surface area contributed by atoms with E-state index in [1.54, 1.807) is 11.8 Å². The molecule has 0 heterocycles. The van der Waals surface area contributed by atoms with Crippen molar-refractivity contribution in [3.8, 4) is 6.07 Å². The number of nitrogens with zero attached hydrogens (tertiary/aromatic N) is 1. The van der Waals surface area contributed by atoms with Gasteiger partial charge >= 0.3 is 0 Å². The number of benzene rings is 1. The highest BCUT2D eigenvalue weighted by atomic mass is 32.2. The van der Waals surface area contributed by atoms with Crippen LogP contribution in [0.4, 0.5) is 0 Å². The maximum Gasteiger partial charge on any atom is 0.100 e. The summed E-state index contributed by atoms with van der Waals surface area (Å²) in [7, 11) is 1.91. The Hall–Kier alpha value is -0.980. The van der Waals surface area contributed by atoms with E-state index in [1.165, 1.54) is 0 Å². The van der Waals surface area contributed by atoms with Crippen LogP contribution in [0.2, 0.25) is 0 Å². The predicted molar refractivity (Wildman–Crippen MR) is 64.9 cm³/mol. The molecule has 0 unspecified atom stereocenters. The lowest BCUT2D eigenvalue weighted by atomic mass is 10.1. The van der Waals surface area contributed by atoms with Crippen LogP contribution in [0.5, 0.6) is 0 Å². The van der Waals surface area contributed by atoms with Gasteiger partial charge in [0.05, 0.1) is 5.56 Å². The van der Waals surface area contributed by atoms with Gasteiger partial charge in [-0.05, 0) is 24.7 Å². The van der Waals surface area contributed by atoms with Crippen molar-refractivity contribution >= 4 is 11.8 Å². The highest BCUT2D eigenvalue weighted by Crippen LogP contribution is 2.26. The lowest BCUT2D eigenvalue weighted by molar-refractivity contribution is 0.816. The summed E-state index contributed by atoms with van der Waals surface area (Å²) in [5, 5.41) is 12.6. The van der Waals surface area contributed by atoms with E-state index < -0.39 is 0 Å². The summed E-state index contributed by atoms with van der Waals surface area (Å²) in [5.41, 5.74) is 1.93. The molecule has 1 aromatic rings. The fraction of sp³-hybridized carbons (Fsp3) is 0.417. The van der Waals surface area contributed by atoms with Crippen LogP contribution in [0.25, 0.3) is 0 Å². The van der Waals surface area contributed by atoms with Crippen molar-refractivity contribution in [2.75, 3.05) is 7.05 Å². The Balaban J connectivity index is 2.94. The molecule has 0 aromatic heterocycles. The molecule has 0 spiro atoms. The Kier molecular flexibility index (Phi) is 4.67. The fourth-order valence-electron chi connectivity index (χ4n) is 1.34. The van der Waals surface area contributed by atoms with Gasteiger partial charge < -0.3 is 5.32 Å². The molecule has 1 aromatic carbocycles. The van der Waals surface area contributed by atoms with E-state index >= 15 is 0 Å².